The number of halogens is 2. The van der Waals surface area contributed by atoms with E-state index in [4.69, 9.17) is 35.8 Å². The largest absolute Gasteiger partial charge is 1.00 e. The summed E-state index contributed by atoms with van der Waals surface area (Å²) < 4.78 is 25.3. The van der Waals surface area contributed by atoms with E-state index in [2.05, 4.69) is 6.07 Å². The molecule has 0 saturated heterocycles. The van der Waals surface area contributed by atoms with Crippen LogP contribution < -0.4 is 29.6 Å². The molecule has 0 aliphatic carbocycles. The second-order valence-electron chi connectivity index (χ2n) is 3.41. The van der Waals surface area contributed by atoms with Gasteiger partial charge < -0.3 is 4.79 Å². The first-order chi connectivity index (χ1) is 10.4. The Hall–Kier alpha value is -1.02. The monoisotopic (exact) mass is 382 g/mol. The van der Waals surface area contributed by atoms with Crippen LogP contribution in [0, 0.1) is 6.07 Å². The van der Waals surface area contributed by atoms with Crippen LogP contribution >= 0.6 is 23.2 Å². The molecule has 0 amide bonds. The normalized spacial score (nSPS) is 8.09. The van der Waals surface area contributed by atoms with Crippen molar-refractivity contribution < 1.29 is 51.8 Å². The molecule has 5 nitrogen and oxygen atoms in total. The van der Waals surface area contributed by atoms with E-state index in [1.807, 2.05) is 0 Å². The average Bonchev–Trinajstić information content (AvgIpc) is 2.48. The standard InChI is InChI=1S/C7H5ClO.C7H4ClO.Na.O3S/c2*8-7-4-2-1-3-6(7)5-9;;1-4(2)3/h1-5H;2-5H;;/q;-1;+1;. The van der Waals surface area contributed by atoms with E-state index in [1.54, 1.807) is 42.5 Å². The number of carbonyl (C=O) groups excluding carboxylic acids is 2. The number of carbonyl (C=O) groups is 2. The van der Waals surface area contributed by atoms with E-state index in [9.17, 15) is 9.59 Å². The molecule has 0 aliphatic rings. The molecule has 0 saturated carbocycles. The number of aldehydes is 2. The van der Waals surface area contributed by atoms with Crippen molar-refractivity contribution in [2.24, 2.45) is 0 Å². The van der Waals surface area contributed by atoms with Crippen molar-refractivity contribution in [2.75, 3.05) is 0 Å². The fourth-order valence-corrected chi connectivity index (χ4v) is 1.43. The van der Waals surface area contributed by atoms with Gasteiger partial charge in [-0.3, -0.25) is 4.79 Å². The summed E-state index contributed by atoms with van der Waals surface area (Å²) in [5, 5.41) is 0.983. The quantitative estimate of drug-likeness (QED) is 0.418. The maximum atomic E-state index is 10.1. The van der Waals surface area contributed by atoms with Gasteiger partial charge >= 0.3 is 40.2 Å². The van der Waals surface area contributed by atoms with Crippen molar-refractivity contribution >= 4 is 46.4 Å². The third-order valence-electron chi connectivity index (χ3n) is 2.00. The van der Waals surface area contributed by atoms with E-state index >= 15 is 0 Å². The van der Waals surface area contributed by atoms with Crippen LogP contribution in [-0.4, -0.2) is 25.2 Å². The number of hydrogen-bond acceptors (Lipinski definition) is 5. The summed E-state index contributed by atoms with van der Waals surface area (Å²) in [4.78, 5) is 20.3. The minimum Gasteiger partial charge on any atom is -0.312 e. The Balaban J connectivity index is 0. The van der Waals surface area contributed by atoms with Gasteiger partial charge in [0.2, 0.25) is 0 Å². The predicted molar refractivity (Wildman–Crippen MR) is 82.2 cm³/mol. The molecular weight excluding hydrogens is 374 g/mol. The van der Waals surface area contributed by atoms with Crippen molar-refractivity contribution in [3.63, 3.8) is 0 Å². The van der Waals surface area contributed by atoms with Gasteiger partial charge in [0.1, 0.15) is 0 Å². The van der Waals surface area contributed by atoms with Crippen LogP contribution in [0.25, 0.3) is 0 Å². The summed E-state index contributed by atoms with van der Waals surface area (Å²) in [6, 6.07) is 14.5. The number of hydrogen-bond donors (Lipinski definition) is 0. The van der Waals surface area contributed by atoms with Crippen molar-refractivity contribution in [3.8, 4) is 0 Å². The molecule has 0 radical (unpaired) electrons. The number of benzene rings is 2. The molecule has 9 heteroatoms. The van der Waals surface area contributed by atoms with Crippen molar-refractivity contribution in [1.82, 2.24) is 0 Å². The fourth-order valence-electron chi connectivity index (χ4n) is 1.09. The van der Waals surface area contributed by atoms with E-state index in [-0.39, 0.29) is 29.6 Å². The van der Waals surface area contributed by atoms with Crippen LogP contribution in [0.1, 0.15) is 20.7 Å². The van der Waals surface area contributed by atoms with Crippen LogP contribution in [0.5, 0.6) is 0 Å². The van der Waals surface area contributed by atoms with Gasteiger partial charge in [0.05, 0.1) is 11.3 Å². The van der Waals surface area contributed by atoms with E-state index in [0.29, 0.717) is 27.5 Å². The Labute approximate surface area is 167 Å². The molecule has 2 aromatic rings. The van der Waals surface area contributed by atoms with Gasteiger partial charge in [-0.1, -0.05) is 40.4 Å². The smallest absolute Gasteiger partial charge is 0.312 e. The van der Waals surface area contributed by atoms with Gasteiger partial charge in [-0.05, 0) is 6.07 Å². The molecule has 0 bridgehead atoms. The molecule has 0 aliphatic heterocycles. The van der Waals surface area contributed by atoms with Gasteiger partial charge in [0, 0.05) is 5.56 Å². The summed E-state index contributed by atoms with van der Waals surface area (Å²) in [6.45, 7) is 0. The van der Waals surface area contributed by atoms with E-state index < -0.39 is 10.6 Å². The summed E-state index contributed by atoms with van der Waals surface area (Å²) in [7, 11) is -3.11. The van der Waals surface area contributed by atoms with Crippen LogP contribution in [0.3, 0.4) is 0 Å². The SMILES string of the molecule is O=Cc1c[c-]ccc1Cl.O=Cc1ccccc1Cl.O=S(=O)=O.[Na+]. The van der Waals surface area contributed by atoms with E-state index in [1.165, 1.54) is 0 Å². The summed E-state index contributed by atoms with van der Waals surface area (Å²) in [5.74, 6) is 0. The Morgan fingerprint density at radius 1 is 0.870 bits per heavy atom. The maximum absolute atomic E-state index is 10.1. The Morgan fingerprint density at radius 3 is 1.70 bits per heavy atom. The van der Waals surface area contributed by atoms with Crippen molar-refractivity contribution in [3.05, 3.63) is 69.7 Å². The molecule has 0 atom stereocenters. The average molecular weight is 383 g/mol. The van der Waals surface area contributed by atoms with Gasteiger partial charge in [-0.15, -0.1) is 24.2 Å². The summed E-state index contributed by atoms with van der Waals surface area (Å²) in [6.07, 6.45) is 1.45. The molecule has 0 N–H and O–H groups in total. The first-order valence-corrected chi connectivity index (χ1v) is 7.25. The zero-order valence-corrected chi connectivity index (χ0v) is 16.2. The molecule has 2 aromatic carbocycles. The Kier molecular flexibility index (Phi) is 15.3. The molecule has 0 unspecified atom stereocenters. The summed E-state index contributed by atoms with van der Waals surface area (Å²) >= 11 is 11.2. The van der Waals surface area contributed by atoms with Gasteiger partial charge in [0.15, 0.2) is 6.29 Å². The minimum atomic E-state index is -3.11. The first kappa shape index (κ1) is 24.2. The van der Waals surface area contributed by atoms with Gasteiger partial charge in [-0.25, -0.2) is 0 Å². The van der Waals surface area contributed by atoms with Crippen molar-refractivity contribution in [2.45, 2.75) is 0 Å². The van der Waals surface area contributed by atoms with Crippen LogP contribution in [0.15, 0.2) is 42.5 Å². The maximum Gasteiger partial charge on any atom is 1.00 e. The molecule has 116 valence electrons. The molecular formula is C14H9Cl2NaO5S. The third-order valence-corrected chi connectivity index (χ3v) is 2.69. The Bertz CT molecular complexity index is 679. The molecule has 0 heterocycles. The van der Waals surface area contributed by atoms with Crippen LogP contribution in [0.4, 0.5) is 0 Å². The zero-order chi connectivity index (χ0) is 17.0. The molecule has 0 aromatic heterocycles. The third kappa shape index (κ3) is 12.1. The first-order valence-electron chi connectivity index (χ1n) is 5.49. The molecule has 2 rings (SSSR count). The second-order valence-corrected chi connectivity index (χ2v) is 4.63. The molecule has 0 fully saturated rings. The topological polar surface area (TPSA) is 85.3 Å². The zero-order valence-electron chi connectivity index (χ0n) is 11.9. The molecule has 0 spiro atoms. The Morgan fingerprint density at radius 2 is 1.35 bits per heavy atom. The number of rotatable bonds is 2. The second kappa shape index (κ2) is 14.6. The minimum absolute atomic E-state index is 0. The van der Waals surface area contributed by atoms with E-state index in [0.717, 1.165) is 6.29 Å². The molecule has 23 heavy (non-hydrogen) atoms. The predicted octanol–water partition coefficient (Wildman–Crippen LogP) is 0.105. The van der Waals surface area contributed by atoms with Crippen LogP contribution in [0.2, 0.25) is 10.0 Å². The summed E-state index contributed by atoms with van der Waals surface area (Å²) in [5.41, 5.74) is 1.03. The van der Waals surface area contributed by atoms with Gasteiger partial charge in [-0.2, -0.15) is 24.3 Å². The van der Waals surface area contributed by atoms with Gasteiger partial charge in [0.25, 0.3) is 0 Å². The van der Waals surface area contributed by atoms with Crippen molar-refractivity contribution in [1.29, 1.82) is 0 Å². The fraction of sp³-hybridized carbons (Fsp3) is 0. The van der Waals surface area contributed by atoms with Crippen LogP contribution in [-0.2, 0) is 10.6 Å².